The lowest BCUT2D eigenvalue weighted by Crippen LogP contribution is -2.29. The van der Waals surface area contributed by atoms with Gasteiger partial charge in [-0.15, -0.1) is 0 Å². The van der Waals surface area contributed by atoms with Crippen LogP contribution in [-0.4, -0.2) is 18.6 Å². The van der Waals surface area contributed by atoms with E-state index < -0.39 is 17.5 Å². The van der Waals surface area contributed by atoms with Crippen LogP contribution in [0.15, 0.2) is 12.1 Å². The van der Waals surface area contributed by atoms with E-state index >= 15 is 0 Å². The molecule has 1 aliphatic heterocycles. The van der Waals surface area contributed by atoms with Crippen molar-refractivity contribution in [2.45, 2.75) is 38.3 Å². The summed E-state index contributed by atoms with van der Waals surface area (Å²) in [6.07, 6.45) is 3.08. The maximum atomic E-state index is 13.4. The van der Waals surface area contributed by atoms with E-state index in [0.29, 0.717) is 12.1 Å². The summed E-state index contributed by atoms with van der Waals surface area (Å²) in [5.74, 6) is -2.96. The van der Waals surface area contributed by atoms with E-state index in [0.717, 1.165) is 31.9 Å². The molecule has 18 heavy (non-hydrogen) atoms. The lowest BCUT2D eigenvalue weighted by atomic mass is 10.1. The molecule has 2 atom stereocenters. The van der Waals surface area contributed by atoms with Gasteiger partial charge in [-0.05, 0) is 32.7 Å². The second-order valence-electron chi connectivity index (χ2n) is 4.82. The molecule has 0 amide bonds. The van der Waals surface area contributed by atoms with Gasteiger partial charge in [0.2, 0.25) is 0 Å². The molecule has 0 saturated carbocycles. The maximum absolute atomic E-state index is 13.4. The molecule has 0 bridgehead atoms. The first kappa shape index (κ1) is 13.2. The number of hydrogen-bond donors (Lipinski definition) is 2. The van der Waals surface area contributed by atoms with Gasteiger partial charge in [0.1, 0.15) is 5.82 Å². The third-order valence-corrected chi connectivity index (χ3v) is 3.21. The van der Waals surface area contributed by atoms with E-state index in [2.05, 4.69) is 10.6 Å². The van der Waals surface area contributed by atoms with E-state index in [1.54, 1.807) is 0 Å². The molecule has 1 heterocycles. The Morgan fingerprint density at radius 3 is 2.67 bits per heavy atom. The van der Waals surface area contributed by atoms with Gasteiger partial charge >= 0.3 is 0 Å². The standard InChI is InChI=1S/C13H17F3N2/c1-8(5-9-3-2-4-17-9)18-13-7-11(15)10(14)6-12(13)16/h6-9,17-18H,2-5H2,1H3. The van der Waals surface area contributed by atoms with Crippen molar-refractivity contribution < 1.29 is 13.2 Å². The summed E-state index contributed by atoms with van der Waals surface area (Å²) in [6, 6.07) is 1.85. The molecule has 1 saturated heterocycles. The first-order valence-corrected chi connectivity index (χ1v) is 6.20. The maximum Gasteiger partial charge on any atom is 0.161 e. The molecule has 2 N–H and O–H groups in total. The molecule has 1 aromatic carbocycles. The van der Waals surface area contributed by atoms with Gasteiger partial charge in [-0.3, -0.25) is 0 Å². The Kier molecular flexibility index (Phi) is 4.11. The monoisotopic (exact) mass is 258 g/mol. The summed E-state index contributed by atoms with van der Waals surface area (Å²) in [5, 5.41) is 6.22. The minimum absolute atomic E-state index is 0.0000359. The molecule has 5 heteroatoms. The molecule has 0 radical (unpaired) electrons. The molecule has 1 aliphatic rings. The zero-order valence-corrected chi connectivity index (χ0v) is 10.3. The van der Waals surface area contributed by atoms with Gasteiger partial charge in [-0.1, -0.05) is 0 Å². The molecule has 0 spiro atoms. The highest BCUT2D eigenvalue weighted by Gasteiger charge is 2.18. The number of rotatable bonds is 4. The van der Waals surface area contributed by atoms with Crippen molar-refractivity contribution >= 4 is 5.69 Å². The van der Waals surface area contributed by atoms with Crippen molar-refractivity contribution in [2.75, 3.05) is 11.9 Å². The zero-order valence-electron chi connectivity index (χ0n) is 10.3. The Balaban J connectivity index is 1.97. The van der Waals surface area contributed by atoms with E-state index in [4.69, 9.17) is 0 Å². The van der Waals surface area contributed by atoms with Crippen LogP contribution in [-0.2, 0) is 0 Å². The highest BCUT2D eigenvalue weighted by atomic mass is 19.2. The van der Waals surface area contributed by atoms with Crippen LogP contribution in [0.1, 0.15) is 26.2 Å². The van der Waals surface area contributed by atoms with Crippen LogP contribution in [0.2, 0.25) is 0 Å². The van der Waals surface area contributed by atoms with Crippen LogP contribution in [0.4, 0.5) is 18.9 Å². The van der Waals surface area contributed by atoms with Crippen molar-refractivity contribution in [1.29, 1.82) is 0 Å². The van der Waals surface area contributed by atoms with Crippen molar-refractivity contribution in [3.8, 4) is 0 Å². The third kappa shape index (κ3) is 3.16. The predicted molar refractivity (Wildman–Crippen MR) is 65.0 cm³/mol. The number of anilines is 1. The van der Waals surface area contributed by atoms with Gasteiger partial charge in [-0.25, -0.2) is 13.2 Å². The Morgan fingerprint density at radius 2 is 2.00 bits per heavy atom. The van der Waals surface area contributed by atoms with Gasteiger partial charge in [0.05, 0.1) is 5.69 Å². The summed E-state index contributed by atoms with van der Waals surface area (Å²) in [6.45, 7) is 2.91. The molecular formula is C13H17F3N2. The highest BCUT2D eigenvalue weighted by Crippen LogP contribution is 2.21. The first-order chi connectivity index (χ1) is 8.56. The summed E-state index contributed by atoms with van der Waals surface area (Å²) < 4.78 is 39.2. The normalized spacial score (nSPS) is 21.0. The smallest absolute Gasteiger partial charge is 0.161 e. The Bertz CT molecular complexity index is 417. The van der Waals surface area contributed by atoms with Crippen LogP contribution >= 0.6 is 0 Å². The van der Waals surface area contributed by atoms with Crippen LogP contribution in [0.5, 0.6) is 0 Å². The highest BCUT2D eigenvalue weighted by molar-refractivity contribution is 5.46. The number of hydrogen-bond acceptors (Lipinski definition) is 2. The quantitative estimate of drug-likeness (QED) is 0.811. The molecule has 100 valence electrons. The largest absolute Gasteiger partial charge is 0.380 e. The second kappa shape index (κ2) is 5.61. The molecule has 0 aliphatic carbocycles. The Hall–Kier alpha value is -1.23. The molecular weight excluding hydrogens is 241 g/mol. The Labute approximate surface area is 105 Å². The Morgan fingerprint density at radius 1 is 1.28 bits per heavy atom. The molecule has 2 unspecified atom stereocenters. The van der Waals surface area contributed by atoms with Crippen molar-refractivity contribution in [3.05, 3.63) is 29.6 Å². The summed E-state index contributed by atoms with van der Waals surface area (Å²) in [4.78, 5) is 0. The topological polar surface area (TPSA) is 24.1 Å². The van der Waals surface area contributed by atoms with Crippen LogP contribution in [0.3, 0.4) is 0 Å². The summed E-state index contributed by atoms with van der Waals surface area (Å²) in [5.41, 5.74) is 0.0133. The summed E-state index contributed by atoms with van der Waals surface area (Å²) >= 11 is 0. The van der Waals surface area contributed by atoms with Crippen molar-refractivity contribution in [1.82, 2.24) is 5.32 Å². The van der Waals surface area contributed by atoms with E-state index in [1.807, 2.05) is 6.92 Å². The lowest BCUT2D eigenvalue weighted by Gasteiger charge is -2.19. The van der Waals surface area contributed by atoms with E-state index in [1.165, 1.54) is 0 Å². The molecule has 2 rings (SSSR count). The minimum atomic E-state index is -1.16. The molecule has 2 nitrogen and oxygen atoms in total. The average Bonchev–Trinajstić information content (AvgIpc) is 2.78. The van der Waals surface area contributed by atoms with Crippen LogP contribution < -0.4 is 10.6 Å². The first-order valence-electron chi connectivity index (χ1n) is 6.20. The van der Waals surface area contributed by atoms with Gasteiger partial charge in [0, 0.05) is 24.2 Å². The zero-order chi connectivity index (χ0) is 13.1. The van der Waals surface area contributed by atoms with Crippen LogP contribution in [0.25, 0.3) is 0 Å². The number of nitrogens with one attached hydrogen (secondary N) is 2. The average molecular weight is 258 g/mol. The molecule has 1 fully saturated rings. The van der Waals surface area contributed by atoms with Crippen molar-refractivity contribution in [3.63, 3.8) is 0 Å². The lowest BCUT2D eigenvalue weighted by molar-refractivity contribution is 0.492. The van der Waals surface area contributed by atoms with Gasteiger partial charge < -0.3 is 10.6 Å². The van der Waals surface area contributed by atoms with Crippen LogP contribution in [0, 0.1) is 17.5 Å². The summed E-state index contributed by atoms with van der Waals surface area (Å²) in [7, 11) is 0. The van der Waals surface area contributed by atoms with E-state index in [-0.39, 0.29) is 11.7 Å². The number of halogens is 3. The fourth-order valence-electron chi connectivity index (χ4n) is 2.34. The molecule has 1 aromatic rings. The number of benzene rings is 1. The fraction of sp³-hybridized carbons (Fsp3) is 0.538. The van der Waals surface area contributed by atoms with E-state index in [9.17, 15) is 13.2 Å². The minimum Gasteiger partial charge on any atom is -0.380 e. The fourth-order valence-corrected chi connectivity index (χ4v) is 2.34. The second-order valence-corrected chi connectivity index (χ2v) is 4.82. The molecule has 0 aromatic heterocycles. The third-order valence-electron chi connectivity index (χ3n) is 3.21. The van der Waals surface area contributed by atoms with Gasteiger partial charge in [0.25, 0.3) is 0 Å². The van der Waals surface area contributed by atoms with Gasteiger partial charge in [0.15, 0.2) is 11.6 Å². The van der Waals surface area contributed by atoms with Gasteiger partial charge in [-0.2, -0.15) is 0 Å². The predicted octanol–water partition coefficient (Wildman–Crippen LogP) is 3.05. The van der Waals surface area contributed by atoms with Crippen molar-refractivity contribution in [2.24, 2.45) is 0 Å². The SMILES string of the molecule is CC(CC1CCCN1)Nc1cc(F)c(F)cc1F.